The minimum atomic E-state index is -4.27. The predicted octanol–water partition coefficient (Wildman–Crippen LogP) is 5.59. The Kier molecular flexibility index (Phi) is 10.8. The first-order valence-corrected chi connectivity index (χ1v) is 16.1. The number of carbonyl (C=O) groups is 2. The average Bonchev–Trinajstić information content (AvgIpc) is 3.01. The summed E-state index contributed by atoms with van der Waals surface area (Å²) in [5, 5.41) is 3.14. The van der Waals surface area contributed by atoms with Crippen molar-refractivity contribution in [3.05, 3.63) is 89.7 Å². The van der Waals surface area contributed by atoms with Crippen molar-refractivity contribution in [2.45, 2.75) is 75.9 Å². The van der Waals surface area contributed by atoms with Gasteiger partial charge in [-0.25, -0.2) is 12.8 Å². The summed E-state index contributed by atoms with van der Waals surface area (Å²) < 4.78 is 47.7. The van der Waals surface area contributed by atoms with Crippen LogP contribution >= 0.6 is 0 Å². The summed E-state index contributed by atoms with van der Waals surface area (Å²) in [6.45, 7) is 3.26. The topological polar surface area (TPSA) is 96.0 Å². The van der Waals surface area contributed by atoms with Gasteiger partial charge < -0.3 is 15.0 Å². The molecule has 3 aromatic rings. The molecule has 4 rings (SSSR count). The SMILES string of the molecule is CC[C@@H](C(=O)NC1CCCCC1)N(Cc1ccc(OC)cc1)C(=O)CN(c1ccc(C)cc1)S(=O)(=O)c1ccc(F)cc1. The third-order valence-corrected chi connectivity index (χ3v) is 9.64. The molecule has 0 bridgehead atoms. The highest BCUT2D eigenvalue weighted by atomic mass is 32.2. The number of aryl methyl sites for hydroxylation is 1. The zero-order chi connectivity index (χ0) is 31.0. The third-order valence-electron chi connectivity index (χ3n) is 7.85. The zero-order valence-corrected chi connectivity index (χ0v) is 25.8. The van der Waals surface area contributed by atoms with E-state index in [1.165, 1.54) is 17.0 Å². The van der Waals surface area contributed by atoms with Crippen LogP contribution in [0.1, 0.15) is 56.6 Å². The lowest BCUT2D eigenvalue weighted by molar-refractivity contribution is -0.140. The monoisotopic (exact) mass is 609 g/mol. The number of ether oxygens (including phenoxy) is 1. The molecule has 0 aromatic heterocycles. The van der Waals surface area contributed by atoms with Gasteiger partial charge in [-0.2, -0.15) is 0 Å². The molecular formula is C33H40FN3O5S. The Morgan fingerprint density at radius 2 is 1.58 bits per heavy atom. The van der Waals surface area contributed by atoms with E-state index in [1.807, 2.05) is 26.0 Å². The van der Waals surface area contributed by atoms with Crippen molar-refractivity contribution in [1.29, 1.82) is 0 Å². The van der Waals surface area contributed by atoms with Gasteiger partial charge in [0.15, 0.2) is 0 Å². The fourth-order valence-corrected chi connectivity index (χ4v) is 6.78. The molecule has 1 aliphatic carbocycles. The third kappa shape index (κ3) is 8.13. The van der Waals surface area contributed by atoms with Gasteiger partial charge in [-0.1, -0.05) is 56.0 Å². The maximum atomic E-state index is 14.2. The van der Waals surface area contributed by atoms with Crippen LogP contribution < -0.4 is 14.4 Å². The minimum absolute atomic E-state index is 0.0520. The van der Waals surface area contributed by atoms with Crippen LogP contribution in [0.15, 0.2) is 77.7 Å². The number of hydrogen-bond acceptors (Lipinski definition) is 5. The van der Waals surface area contributed by atoms with Gasteiger partial charge in [-0.3, -0.25) is 13.9 Å². The first-order valence-electron chi connectivity index (χ1n) is 14.7. The van der Waals surface area contributed by atoms with Gasteiger partial charge in [0, 0.05) is 12.6 Å². The second kappa shape index (κ2) is 14.5. The molecule has 2 amide bonds. The van der Waals surface area contributed by atoms with Crippen LogP contribution in [0.25, 0.3) is 0 Å². The molecule has 0 aliphatic heterocycles. The number of halogens is 1. The van der Waals surface area contributed by atoms with E-state index in [4.69, 9.17) is 4.74 Å². The summed E-state index contributed by atoms with van der Waals surface area (Å²) in [4.78, 5) is 29.1. The molecular weight excluding hydrogens is 569 g/mol. The second-order valence-corrected chi connectivity index (χ2v) is 12.8. The molecule has 1 fully saturated rings. The van der Waals surface area contributed by atoms with E-state index in [-0.39, 0.29) is 29.1 Å². The predicted molar refractivity (Wildman–Crippen MR) is 165 cm³/mol. The van der Waals surface area contributed by atoms with E-state index in [0.29, 0.717) is 12.2 Å². The summed E-state index contributed by atoms with van der Waals surface area (Å²) in [6.07, 6.45) is 5.36. The molecule has 43 heavy (non-hydrogen) atoms. The Labute approximate surface area is 253 Å². The number of nitrogens with one attached hydrogen (secondary N) is 1. The lowest BCUT2D eigenvalue weighted by atomic mass is 9.95. The van der Waals surface area contributed by atoms with Crippen LogP contribution in [-0.2, 0) is 26.2 Å². The van der Waals surface area contributed by atoms with Gasteiger partial charge in [0.2, 0.25) is 11.8 Å². The normalized spacial score (nSPS) is 14.5. The van der Waals surface area contributed by atoms with Crippen molar-refractivity contribution in [2.75, 3.05) is 18.0 Å². The highest BCUT2D eigenvalue weighted by Crippen LogP contribution is 2.26. The number of hydrogen-bond donors (Lipinski definition) is 1. The van der Waals surface area contributed by atoms with Crippen LogP contribution in [0, 0.1) is 12.7 Å². The van der Waals surface area contributed by atoms with Crippen LogP contribution in [0.4, 0.5) is 10.1 Å². The van der Waals surface area contributed by atoms with E-state index in [0.717, 1.165) is 59.7 Å². The Morgan fingerprint density at radius 3 is 2.16 bits per heavy atom. The van der Waals surface area contributed by atoms with E-state index < -0.39 is 34.3 Å². The summed E-state index contributed by atoms with van der Waals surface area (Å²) in [5.74, 6) is -0.704. The molecule has 0 unspecified atom stereocenters. The lowest BCUT2D eigenvalue weighted by Crippen LogP contribution is -2.54. The van der Waals surface area contributed by atoms with Crippen molar-refractivity contribution in [1.82, 2.24) is 10.2 Å². The van der Waals surface area contributed by atoms with Crippen molar-refractivity contribution in [2.24, 2.45) is 0 Å². The maximum Gasteiger partial charge on any atom is 0.264 e. The Balaban J connectivity index is 1.70. The maximum absolute atomic E-state index is 14.2. The van der Waals surface area contributed by atoms with Gasteiger partial charge in [-0.05, 0) is 80.3 Å². The van der Waals surface area contributed by atoms with Crippen LogP contribution in [0.2, 0.25) is 0 Å². The molecule has 0 radical (unpaired) electrons. The highest BCUT2D eigenvalue weighted by molar-refractivity contribution is 7.92. The van der Waals surface area contributed by atoms with Crippen LogP contribution in [-0.4, -0.2) is 50.9 Å². The fourth-order valence-electron chi connectivity index (χ4n) is 5.36. The molecule has 1 aliphatic rings. The first-order chi connectivity index (χ1) is 20.6. The molecule has 8 nitrogen and oxygen atoms in total. The average molecular weight is 610 g/mol. The zero-order valence-electron chi connectivity index (χ0n) is 25.0. The van der Waals surface area contributed by atoms with Gasteiger partial charge >= 0.3 is 0 Å². The van der Waals surface area contributed by atoms with Crippen LogP contribution in [0.5, 0.6) is 5.75 Å². The largest absolute Gasteiger partial charge is 0.497 e. The minimum Gasteiger partial charge on any atom is -0.497 e. The highest BCUT2D eigenvalue weighted by Gasteiger charge is 2.34. The fraction of sp³-hybridized carbons (Fsp3) is 0.394. The van der Waals surface area contributed by atoms with Gasteiger partial charge in [0.1, 0.15) is 24.2 Å². The molecule has 1 N–H and O–H groups in total. The van der Waals surface area contributed by atoms with E-state index >= 15 is 0 Å². The number of rotatable bonds is 12. The number of carbonyl (C=O) groups excluding carboxylic acids is 2. The Hall–Kier alpha value is -3.92. The Morgan fingerprint density at radius 1 is 0.953 bits per heavy atom. The number of methoxy groups -OCH3 is 1. The standard InChI is InChI=1S/C33H40FN3O5S/c1-4-31(33(39)35-27-8-6-5-7-9-27)36(22-25-12-18-29(42-3)19-13-25)32(38)23-37(28-16-10-24(2)11-17-28)43(40,41)30-20-14-26(34)15-21-30/h10-21,27,31H,4-9,22-23H2,1-3H3,(H,35,39)/t31-/m0/s1. The molecule has 1 saturated carbocycles. The first kappa shape index (κ1) is 32.0. The molecule has 0 heterocycles. The van der Waals surface area contributed by atoms with Gasteiger partial charge in [-0.15, -0.1) is 0 Å². The molecule has 0 spiro atoms. The van der Waals surface area contributed by atoms with E-state index in [1.54, 1.807) is 43.5 Å². The Bertz CT molecular complexity index is 1470. The molecule has 10 heteroatoms. The van der Waals surface area contributed by atoms with Gasteiger partial charge in [0.25, 0.3) is 10.0 Å². The molecule has 3 aromatic carbocycles. The number of anilines is 1. The quantitative estimate of drug-likeness (QED) is 0.289. The number of nitrogens with zero attached hydrogens (tertiary/aromatic N) is 2. The smallest absolute Gasteiger partial charge is 0.264 e. The van der Waals surface area contributed by atoms with Crippen molar-refractivity contribution in [3.63, 3.8) is 0 Å². The van der Waals surface area contributed by atoms with E-state index in [2.05, 4.69) is 5.32 Å². The second-order valence-electron chi connectivity index (χ2n) is 10.9. The van der Waals surface area contributed by atoms with Crippen molar-refractivity contribution >= 4 is 27.5 Å². The van der Waals surface area contributed by atoms with Crippen LogP contribution in [0.3, 0.4) is 0 Å². The van der Waals surface area contributed by atoms with E-state index in [9.17, 15) is 22.4 Å². The van der Waals surface area contributed by atoms with Crippen molar-refractivity contribution in [3.8, 4) is 5.75 Å². The molecule has 0 saturated heterocycles. The summed E-state index contributed by atoms with van der Waals surface area (Å²) >= 11 is 0. The molecule has 230 valence electrons. The summed E-state index contributed by atoms with van der Waals surface area (Å²) in [6, 6.07) is 17.7. The lowest BCUT2D eigenvalue weighted by Gasteiger charge is -2.34. The summed E-state index contributed by atoms with van der Waals surface area (Å²) in [7, 11) is -2.70. The van der Waals surface area contributed by atoms with Gasteiger partial charge in [0.05, 0.1) is 17.7 Å². The molecule has 1 atom stereocenters. The van der Waals surface area contributed by atoms with Crippen molar-refractivity contribution < 1.29 is 27.1 Å². The number of benzene rings is 3. The summed E-state index contributed by atoms with van der Waals surface area (Å²) in [5.41, 5.74) is 1.97. The number of amides is 2. The number of sulfonamides is 1.